The van der Waals surface area contributed by atoms with E-state index in [1.54, 1.807) is 62.6 Å². The molecule has 7 nitrogen and oxygen atoms in total. The van der Waals surface area contributed by atoms with E-state index in [4.69, 9.17) is 54.0 Å². The SMILES string of the molecule is CCCC1=C(C(=O)OCC)[C@H](c2cc(Br)ccc2OC)n2c(s/c(=C/c3cc(Cl)ccc3OCc3ccc(Cl)cc3Cl)c2=O)=N1. The van der Waals surface area contributed by atoms with E-state index in [9.17, 15) is 9.59 Å². The van der Waals surface area contributed by atoms with Gasteiger partial charge in [0.1, 0.15) is 24.1 Å². The molecule has 0 saturated carbocycles. The minimum absolute atomic E-state index is 0.172. The van der Waals surface area contributed by atoms with Crippen LogP contribution >= 0.6 is 62.1 Å². The van der Waals surface area contributed by atoms with Crippen molar-refractivity contribution in [3.63, 3.8) is 0 Å². The summed E-state index contributed by atoms with van der Waals surface area (Å²) < 4.78 is 20.0. The highest BCUT2D eigenvalue weighted by Gasteiger charge is 2.36. The first-order valence-electron chi connectivity index (χ1n) is 14.1. The van der Waals surface area contributed by atoms with Crippen molar-refractivity contribution in [1.29, 1.82) is 0 Å². The molecule has 1 aliphatic heterocycles. The van der Waals surface area contributed by atoms with Gasteiger partial charge in [-0.05, 0) is 68.0 Å². The number of aromatic nitrogens is 1. The fraction of sp³-hybridized carbons (Fsp3) is 0.242. The molecular formula is C33H28BrCl3N2O5S. The molecule has 0 radical (unpaired) electrons. The van der Waals surface area contributed by atoms with Crippen LogP contribution in [0.15, 0.2) is 80.1 Å². The Balaban J connectivity index is 1.69. The molecule has 2 heterocycles. The van der Waals surface area contributed by atoms with Crippen molar-refractivity contribution in [3.8, 4) is 11.5 Å². The zero-order valence-corrected chi connectivity index (χ0v) is 29.2. The fourth-order valence-electron chi connectivity index (χ4n) is 5.03. The van der Waals surface area contributed by atoms with Crippen LogP contribution in [0, 0.1) is 0 Å². The Bertz CT molecular complexity index is 1990. The van der Waals surface area contributed by atoms with Gasteiger partial charge in [0.25, 0.3) is 5.56 Å². The van der Waals surface area contributed by atoms with E-state index in [0.29, 0.717) is 64.7 Å². The second-order valence-electron chi connectivity index (χ2n) is 10.0. The molecule has 0 aliphatic carbocycles. The molecule has 0 unspecified atom stereocenters. The Morgan fingerprint density at radius 1 is 1.04 bits per heavy atom. The quantitative estimate of drug-likeness (QED) is 0.154. The molecule has 0 fully saturated rings. The van der Waals surface area contributed by atoms with Crippen molar-refractivity contribution in [1.82, 2.24) is 4.57 Å². The molecule has 0 N–H and O–H groups in total. The highest BCUT2D eigenvalue weighted by atomic mass is 79.9. The minimum atomic E-state index is -0.835. The topological polar surface area (TPSA) is 79.1 Å². The monoisotopic (exact) mass is 748 g/mol. The van der Waals surface area contributed by atoms with Gasteiger partial charge in [-0.2, -0.15) is 0 Å². The molecule has 1 aliphatic rings. The summed E-state index contributed by atoms with van der Waals surface area (Å²) >= 11 is 23.6. The number of carbonyl (C=O) groups is 1. The van der Waals surface area contributed by atoms with Crippen LogP contribution in [0.3, 0.4) is 0 Å². The van der Waals surface area contributed by atoms with Crippen molar-refractivity contribution in [2.24, 2.45) is 4.99 Å². The van der Waals surface area contributed by atoms with Crippen LogP contribution in [0.1, 0.15) is 49.4 Å². The Morgan fingerprint density at radius 2 is 1.78 bits per heavy atom. The normalized spacial score (nSPS) is 14.6. The minimum Gasteiger partial charge on any atom is -0.496 e. The van der Waals surface area contributed by atoms with Crippen molar-refractivity contribution in [3.05, 3.63) is 122 Å². The number of halogens is 4. The molecule has 1 atom stereocenters. The summed E-state index contributed by atoms with van der Waals surface area (Å²) in [6.45, 7) is 4.10. The van der Waals surface area contributed by atoms with E-state index < -0.39 is 12.0 Å². The van der Waals surface area contributed by atoms with Crippen molar-refractivity contribution in [2.45, 2.75) is 39.3 Å². The van der Waals surface area contributed by atoms with Crippen LogP contribution in [0.25, 0.3) is 6.08 Å². The van der Waals surface area contributed by atoms with Gasteiger partial charge in [-0.15, -0.1) is 0 Å². The number of rotatable bonds is 10. The first-order chi connectivity index (χ1) is 21.6. The Kier molecular flexibility index (Phi) is 10.8. The van der Waals surface area contributed by atoms with Crippen LogP contribution in [0.2, 0.25) is 15.1 Å². The predicted molar refractivity (Wildman–Crippen MR) is 183 cm³/mol. The van der Waals surface area contributed by atoms with E-state index >= 15 is 0 Å². The van der Waals surface area contributed by atoms with Crippen LogP contribution in [0.4, 0.5) is 0 Å². The number of nitrogens with zero attached hydrogens (tertiary/aromatic N) is 2. The van der Waals surface area contributed by atoms with E-state index in [-0.39, 0.29) is 18.8 Å². The molecule has 0 bridgehead atoms. The lowest BCUT2D eigenvalue weighted by atomic mass is 9.93. The molecule has 1 aromatic heterocycles. The van der Waals surface area contributed by atoms with Gasteiger partial charge in [-0.3, -0.25) is 9.36 Å². The van der Waals surface area contributed by atoms with Gasteiger partial charge in [0.2, 0.25) is 0 Å². The summed E-state index contributed by atoms with van der Waals surface area (Å²) in [7, 11) is 1.55. The molecule has 3 aromatic carbocycles. The van der Waals surface area contributed by atoms with Gasteiger partial charge >= 0.3 is 5.97 Å². The summed E-state index contributed by atoms with van der Waals surface area (Å²) in [6, 6.07) is 15.0. The van der Waals surface area contributed by atoms with E-state index in [0.717, 1.165) is 16.5 Å². The summed E-state index contributed by atoms with van der Waals surface area (Å²) in [6.07, 6.45) is 2.97. The van der Waals surface area contributed by atoms with Crippen LogP contribution in [-0.4, -0.2) is 24.3 Å². The third-order valence-corrected chi connectivity index (χ3v) is 9.33. The molecule has 0 saturated heterocycles. The molecule has 234 valence electrons. The number of hydrogen-bond donors (Lipinski definition) is 0. The number of ether oxygens (including phenoxy) is 3. The maximum absolute atomic E-state index is 14.3. The molecule has 4 aromatic rings. The van der Waals surface area contributed by atoms with Crippen LogP contribution in [0.5, 0.6) is 11.5 Å². The molecular weight excluding hydrogens is 723 g/mol. The zero-order valence-electron chi connectivity index (χ0n) is 24.5. The highest BCUT2D eigenvalue weighted by molar-refractivity contribution is 9.10. The smallest absolute Gasteiger partial charge is 0.338 e. The summed E-state index contributed by atoms with van der Waals surface area (Å²) in [5, 5.41) is 1.48. The van der Waals surface area contributed by atoms with Gasteiger partial charge in [-0.25, -0.2) is 9.79 Å². The number of carbonyl (C=O) groups excluding carboxylic acids is 1. The van der Waals surface area contributed by atoms with E-state index in [1.807, 2.05) is 19.1 Å². The number of allylic oxidation sites excluding steroid dienone is 1. The lowest BCUT2D eigenvalue weighted by Crippen LogP contribution is -2.40. The maximum atomic E-state index is 14.3. The van der Waals surface area contributed by atoms with Gasteiger partial charge in [0.05, 0.1) is 29.5 Å². The highest BCUT2D eigenvalue weighted by Crippen LogP contribution is 2.38. The van der Waals surface area contributed by atoms with Gasteiger partial charge in [-0.1, -0.05) is 81.5 Å². The lowest BCUT2D eigenvalue weighted by Gasteiger charge is -2.27. The number of benzene rings is 3. The van der Waals surface area contributed by atoms with Crippen molar-refractivity contribution < 1.29 is 19.0 Å². The molecule has 0 spiro atoms. The average molecular weight is 751 g/mol. The number of thiazole rings is 1. The Labute approximate surface area is 287 Å². The number of methoxy groups -OCH3 is 1. The van der Waals surface area contributed by atoms with E-state index in [2.05, 4.69) is 15.9 Å². The van der Waals surface area contributed by atoms with Crippen molar-refractivity contribution in [2.75, 3.05) is 13.7 Å². The molecule has 45 heavy (non-hydrogen) atoms. The Hall–Kier alpha value is -3.08. The zero-order chi connectivity index (χ0) is 32.2. The number of esters is 1. The molecule has 0 amide bonds. The van der Waals surface area contributed by atoms with Crippen LogP contribution < -0.4 is 24.4 Å². The summed E-state index contributed by atoms with van der Waals surface area (Å²) in [5.74, 6) is 0.487. The lowest BCUT2D eigenvalue weighted by molar-refractivity contribution is -0.139. The van der Waals surface area contributed by atoms with Gasteiger partial charge in [0.15, 0.2) is 4.80 Å². The van der Waals surface area contributed by atoms with Crippen LogP contribution in [-0.2, 0) is 16.1 Å². The second-order valence-corrected chi connectivity index (χ2v) is 13.2. The van der Waals surface area contributed by atoms with E-state index in [1.165, 1.54) is 15.9 Å². The van der Waals surface area contributed by atoms with Gasteiger partial charge < -0.3 is 14.2 Å². The number of fused-ring (bicyclic) bond motifs is 1. The third-order valence-electron chi connectivity index (χ3n) is 7.04. The maximum Gasteiger partial charge on any atom is 0.338 e. The van der Waals surface area contributed by atoms with Gasteiger partial charge in [0, 0.05) is 36.2 Å². The second kappa shape index (κ2) is 14.6. The predicted octanol–water partition coefficient (Wildman–Crippen LogP) is 7.89. The standard InChI is InChI=1S/C33H28BrCl3N2O5S/c1-4-6-25-29(32(41)43-5-2)30(23-15-20(34)8-11-27(23)42-3)39-31(40)28(45-33(39)38-25)14-19-13-21(35)10-12-26(19)44-17-18-7-9-22(36)16-24(18)37/h7-16,30H,4-6,17H2,1-3H3/b28-14+/t30-/m0/s1. The molecule has 5 rings (SSSR count). The first-order valence-corrected chi connectivity index (χ1v) is 16.8. The Morgan fingerprint density at radius 3 is 2.49 bits per heavy atom. The average Bonchev–Trinajstić information content (AvgIpc) is 3.31. The van der Waals surface area contributed by atoms with Crippen molar-refractivity contribution >= 4 is 74.1 Å². The molecule has 12 heteroatoms. The first kappa shape index (κ1) is 33.3. The fourth-order valence-corrected chi connectivity index (χ4v) is 7.07. The number of hydrogen-bond acceptors (Lipinski definition) is 7. The summed E-state index contributed by atoms with van der Waals surface area (Å²) in [5.41, 5.74) is 2.50. The summed E-state index contributed by atoms with van der Waals surface area (Å²) in [4.78, 5) is 33.1. The largest absolute Gasteiger partial charge is 0.496 e. The third kappa shape index (κ3) is 7.18.